The van der Waals surface area contributed by atoms with E-state index in [0.29, 0.717) is 37.6 Å². The summed E-state index contributed by atoms with van der Waals surface area (Å²) >= 11 is 0. The third-order valence-corrected chi connectivity index (χ3v) is 7.66. The van der Waals surface area contributed by atoms with E-state index in [1.54, 1.807) is 48.3 Å². The highest BCUT2D eigenvalue weighted by atomic mass is 32.2. The lowest BCUT2D eigenvalue weighted by atomic mass is 10.0. The number of imidazole rings is 1. The minimum absolute atomic E-state index is 0.0685. The van der Waals surface area contributed by atoms with Crippen LogP contribution in [0.2, 0.25) is 0 Å². The van der Waals surface area contributed by atoms with Crippen LogP contribution in [0.1, 0.15) is 27.8 Å². The maximum absolute atomic E-state index is 13.9. The van der Waals surface area contributed by atoms with E-state index < -0.39 is 27.8 Å². The summed E-state index contributed by atoms with van der Waals surface area (Å²) in [4.78, 5) is 19.6. The van der Waals surface area contributed by atoms with Crippen molar-refractivity contribution >= 4 is 15.9 Å². The van der Waals surface area contributed by atoms with Gasteiger partial charge < -0.3 is 14.8 Å². The highest BCUT2D eigenvalue weighted by molar-refractivity contribution is 7.89. The molecule has 1 aliphatic rings. The minimum atomic E-state index is -3.72. The van der Waals surface area contributed by atoms with Gasteiger partial charge in [0, 0.05) is 51.2 Å². The summed E-state index contributed by atoms with van der Waals surface area (Å²) in [6.45, 7) is 2.10. The predicted octanol–water partition coefficient (Wildman–Crippen LogP) is 2.01. The van der Waals surface area contributed by atoms with Gasteiger partial charge in [-0.1, -0.05) is 18.2 Å². The molecule has 1 atom stereocenters. The SMILES string of the molecule is CN1CCN(S(=O)(=O)c2cccc(C(=O)NC(c3cccc(F)c3)c3nccn3C)c2)CC1. The number of aryl methyl sites for hydroxylation is 1. The number of aromatic nitrogens is 2. The van der Waals surface area contributed by atoms with Crippen LogP contribution in [0.3, 0.4) is 0 Å². The lowest BCUT2D eigenvalue weighted by Gasteiger charge is -2.31. The first-order chi connectivity index (χ1) is 15.8. The van der Waals surface area contributed by atoms with Crippen LogP contribution in [-0.2, 0) is 17.1 Å². The molecule has 1 aromatic heterocycles. The number of benzene rings is 2. The standard InChI is InChI=1S/C23H26FN5O3S/c1-27-11-13-29(14-12-27)33(31,32)20-8-4-6-18(16-20)23(30)26-21(22-25-9-10-28(22)2)17-5-3-7-19(24)15-17/h3-10,15-16,21H,11-14H2,1-2H3,(H,26,30). The monoisotopic (exact) mass is 471 g/mol. The Hall–Kier alpha value is -3.08. The first-order valence-corrected chi connectivity index (χ1v) is 12.0. The molecule has 0 radical (unpaired) electrons. The predicted molar refractivity (Wildman–Crippen MR) is 122 cm³/mol. The molecule has 1 unspecified atom stereocenters. The first-order valence-electron chi connectivity index (χ1n) is 10.6. The third-order valence-electron chi connectivity index (χ3n) is 5.77. The van der Waals surface area contributed by atoms with Crippen molar-refractivity contribution in [3.63, 3.8) is 0 Å². The van der Waals surface area contributed by atoms with E-state index >= 15 is 0 Å². The second-order valence-electron chi connectivity index (χ2n) is 8.09. The van der Waals surface area contributed by atoms with E-state index in [2.05, 4.69) is 15.2 Å². The Labute approximate surface area is 192 Å². The summed E-state index contributed by atoms with van der Waals surface area (Å²) in [5.74, 6) is -0.390. The summed E-state index contributed by atoms with van der Waals surface area (Å²) in [7, 11) is 0.0147. The van der Waals surface area contributed by atoms with Crippen LogP contribution in [0.25, 0.3) is 0 Å². The maximum Gasteiger partial charge on any atom is 0.252 e. The van der Waals surface area contributed by atoms with E-state index in [-0.39, 0.29) is 10.5 Å². The molecule has 10 heteroatoms. The van der Waals surface area contributed by atoms with Crippen molar-refractivity contribution in [2.45, 2.75) is 10.9 Å². The highest BCUT2D eigenvalue weighted by Crippen LogP contribution is 2.23. The highest BCUT2D eigenvalue weighted by Gasteiger charge is 2.28. The van der Waals surface area contributed by atoms with Crippen molar-refractivity contribution in [1.82, 2.24) is 24.1 Å². The molecule has 0 saturated carbocycles. The second kappa shape index (κ2) is 9.42. The van der Waals surface area contributed by atoms with Gasteiger partial charge in [-0.2, -0.15) is 4.31 Å². The number of rotatable bonds is 6. The van der Waals surface area contributed by atoms with Crippen LogP contribution < -0.4 is 5.32 Å². The summed E-state index contributed by atoms with van der Waals surface area (Å²) in [5.41, 5.74) is 0.722. The van der Waals surface area contributed by atoms with E-state index in [1.165, 1.54) is 28.6 Å². The number of likely N-dealkylation sites (N-methyl/N-ethyl adjacent to an activating group) is 1. The lowest BCUT2D eigenvalue weighted by Crippen LogP contribution is -2.47. The van der Waals surface area contributed by atoms with Crippen molar-refractivity contribution in [2.75, 3.05) is 33.2 Å². The molecule has 8 nitrogen and oxygen atoms in total. The molecule has 1 aliphatic heterocycles. The largest absolute Gasteiger partial charge is 0.338 e. The number of hydrogen-bond acceptors (Lipinski definition) is 5. The zero-order valence-electron chi connectivity index (χ0n) is 18.5. The fourth-order valence-corrected chi connectivity index (χ4v) is 5.30. The van der Waals surface area contributed by atoms with Gasteiger partial charge in [-0.25, -0.2) is 17.8 Å². The molecular weight excluding hydrogens is 445 g/mol. The molecule has 1 N–H and O–H groups in total. The van der Waals surface area contributed by atoms with E-state index in [0.717, 1.165) is 0 Å². The molecule has 174 valence electrons. The van der Waals surface area contributed by atoms with E-state index in [1.807, 2.05) is 7.05 Å². The van der Waals surface area contributed by atoms with Crippen molar-refractivity contribution in [2.24, 2.45) is 7.05 Å². The van der Waals surface area contributed by atoms with E-state index in [4.69, 9.17) is 0 Å². The van der Waals surface area contributed by atoms with Gasteiger partial charge in [0.25, 0.3) is 5.91 Å². The zero-order valence-corrected chi connectivity index (χ0v) is 19.3. The molecule has 0 bridgehead atoms. The number of nitrogens with one attached hydrogen (secondary N) is 1. The fraction of sp³-hybridized carbons (Fsp3) is 0.304. The number of carbonyl (C=O) groups excluding carboxylic acids is 1. The molecule has 1 saturated heterocycles. The van der Waals surface area contributed by atoms with Gasteiger partial charge in [0.1, 0.15) is 17.7 Å². The number of halogens is 1. The Balaban J connectivity index is 1.61. The topological polar surface area (TPSA) is 87.5 Å². The Bertz CT molecular complexity index is 1250. The molecule has 2 heterocycles. The van der Waals surface area contributed by atoms with Crippen LogP contribution in [-0.4, -0.2) is 66.3 Å². The Morgan fingerprint density at radius 2 is 1.79 bits per heavy atom. The molecular formula is C23H26FN5O3S. The molecule has 33 heavy (non-hydrogen) atoms. The lowest BCUT2D eigenvalue weighted by molar-refractivity contribution is 0.0941. The number of nitrogens with zero attached hydrogens (tertiary/aromatic N) is 4. The third kappa shape index (κ3) is 4.97. The fourth-order valence-electron chi connectivity index (χ4n) is 3.83. The molecule has 0 aliphatic carbocycles. The first kappa shape index (κ1) is 23.1. The van der Waals surface area contributed by atoms with Gasteiger partial charge in [-0.15, -0.1) is 0 Å². The summed E-state index contributed by atoms with van der Waals surface area (Å²) in [5, 5.41) is 2.88. The number of sulfonamides is 1. The summed E-state index contributed by atoms with van der Waals surface area (Å²) < 4.78 is 43.3. The summed E-state index contributed by atoms with van der Waals surface area (Å²) in [6, 6.07) is 11.2. The Morgan fingerprint density at radius 1 is 1.06 bits per heavy atom. The molecule has 1 fully saturated rings. The van der Waals surface area contributed by atoms with Crippen LogP contribution in [0.15, 0.2) is 65.8 Å². The van der Waals surface area contributed by atoms with Gasteiger partial charge in [-0.3, -0.25) is 4.79 Å². The number of hydrogen-bond donors (Lipinski definition) is 1. The molecule has 0 spiro atoms. The summed E-state index contributed by atoms with van der Waals surface area (Å²) in [6.07, 6.45) is 3.33. The van der Waals surface area contributed by atoms with Crippen LogP contribution in [0.4, 0.5) is 4.39 Å². The quantitative estimate of drug-likeness (QED) is 0.594. The second-order valence-corrected chi connectivity index (χ2v) is 10.0. The van der Waals surface area contributed by atoms with Gasteiger partial charge in [0.05, 0.1) is 4.90 Å². The smallest absolute Gasteiger partial charge is 0.252 e. The van der Waals surface area contributed by atoms with Gasteiger partial charge in [0.2, 0.25) is 10.0 Å². The minimum Gasteiger partial charge on any atom is -0.338 e. The van der Waals surface area contributed by atoms with Gasteiger partial charge in [-0.05, 0) is 42.9 Å². The van der Waals surface area contributed by atoms with Gasteiger partial charge >= 0.3 is 0 Å². The van der Waals surface area contributed by atoms with Crippen molar-refractivity contribution in [3.8, 4) is 0 Å². The number of piperazine rings is 1. The van der Waals surface area contributed by atoms with Crippen LogP contribution in [0, 0.1) is 5.82 Å². The molecule has 3 aromatic rings. The van der Waals surface area contributed by atoms with Crippen LogP contribution in [0.5, 0.6) is 0 Å². The number of carbonyl (C=O) groups is 1. The molecule has 1 amide bonds. The van der Waals surface area contributed by atoms with Crippen molar-refractivity contribution in [1.29, 1.82) is 0 Å². The average Bonchev–Trinajstić information content (AvgIpc) is 3.23. The van der Waals surface area contributed by atoms with E-state index in [9.17, 15) is 17.6 Å². The average molecular weight is 472 g/mol. The Morgan fingerprint density at radius 3 is 2.45 bits per heavy atom. The normalized spacial score (nSPS) is 16.5. The van der Waals surface area contributed by atoms with Crippen molar-refractivity contribution in [3.05, 3.63) is 83.7 Å². The molecule has 2 aromatic carbocycles. The van der Waals surface area contributed by atoms with Crippen LogP contribution >= 0.6 is 0 Å². The van der Waals surface area contributed by atoms with Gasteiger partial charge in [0.15, 0.2) is 0 Å². The zero-order chi connectivity index (χ0) is 23.6. The Kier molecular flexibility index (Phi) is 6.59. The maximum atomic E-state index is 13.9. The molecule has 4 rings (SSSR count). The number of amides is 1. The van der Waals surface area contributed by atoms with Crippen molar-refractivity contribution < 1.29 is 17.6 Å².